The lowest BCUT2D eigenvalue weighted by atomic mass is 10.1. The first kappa shape index (κ1) is 13.3. The highest BCUT2D eigenvalue weighted by atomic mass is 35.5. The molecule has 0 bridgehead atoms. The standard InChI is InChI=1S/C13H17ClN6/c1-10(11-6-17-18-7-11)19-4-5-20(12(14)9-19)13-8-15-2-3-16-13/h2-3,6-8,10,12H,4-5,9H2,1H3,(H,17,18). The lowest BCUT2D eigenvalue weighted by molar-refractivity contribution is 0.189. The van der Waals surface area contributed by atoms with Crippen LogP contribution in [0.3, 0.4) is 0 Å². The fraction of sp³-hybridized carbons (Fsp3) is 0.462. The van der Waals surface area contributed by atoms with Crippen LogP contribution in [0.4, 0.5) is 5.82 Å². The van der Waals surface area contributed by atoms with E-state index < -0.39 is 0 Å². The number of anilines is 1. The zero-order chi connectivity index (χ0) is 13.9. The SMILES string of the molecule is CC(c1cn[nH]c1)N1CCN(c2cnccn2)C(Cl)C1. The van der Waals surface area contributed by atoms with Crippen molar-refractivity contribution < 1.29 is 0 Å². The zero-order valence-corrected chi connectivity index (χ0v) is 12.0. The van der Waals surface area contributed by atoms with Gasteiger partial charge >= 0.3 is 0 Å². The number of piperazine rings is 1. The molecule has 0 radical (unpaired) electrons. The highest BCUT2D eigenvalue weighted by Crippen LogP contribution is 2.26. The summed E-state index contributed by atoms with van der Waals surface area (Å²) in [7, 11) is 0. The minimum Gasteiger partial charge on any atom is -0.336 e. The van der Waals surface area contributed by atoms with Crippen LogP contribution in [-0.2, 0) is 0 Å². The average molecular weight is 293 g/mol. The quantitative estimate of drug-likeness (QED) is 0.688. The maximum Gasteiger partial charge on any atom is 0.148 e. The molecule has 1 aliphatic rings. The van der Waals surface area contributed by atoms with Crippen molar-refractivity contribution in [2.24, 2.45) is 0 Å². The molecule has 2 atom stereocenters. The monoisotopic (exact) mass is 292 g/mol. The van der Waals surface area contributed by atoms with E-state index >= 15 is 0 Å². The second-order valence-electron chi connectivity index (χ2n) is 4.89. The third kappa shape index (κ3) is 2.62. The first-order chi connectivity index (χ1) is 9.75. The number of rotatable bonds is 3. The smallest absolute Gasteiger partial charge is 0.148 e. The summed E-state index contributed by atoms with van der Waals surface area (Å²) in [6, 6.07) is 0.305. The number of aromatic amines is 1. The number of halogens is 1. The van der Waals surface area contributed by atoms with E-state index in [4.69, 9.17) is 11.6 Å². The van der Waals surface area contributed by atoms with Crippen LogP contribution in [-0.4, -0.2) is 50.2 Å². The number of nitrogens with one attached hydrogen (secondary N) is 1. The molecule has 1 saturated heterocycles. The molecule has 3 heterocycles. The third-order valence-corrected chi connectivity index (χ3v) is 4.12. The van der Waals surface area contributed by atoms with Gasteiger partial charge in [-0.05, 0) is 6.92 Å². The Kier molecular flexibility index (Phi) is 3.84. The summed E-state index contributed by atoms with van der Waals surface area (Å²) in [5.41, 5.74) is 1.08. The first-order valence-corrected chi connectivity index (χ1v) is 7.09. The summed E-state index contributed by atoms with van der Waals surface area (Å²) in [4.78, 5) is 12.9. The number of alkyl halides is 1. The number of aromatic nitrogens is 4. The van der Waals surface area contributed by atoms with E-state index in [0.29, 0.717) is 6.04 Å². The van der Waals surface area contributed by atoms with Crippen LogP contribution in [0.1, 0.15) is 18.5 Å². The van der Waals surface area contributed by atoms with Gasteiger partial charge in [-0.15, -0.1) is 0 Å². The van der Waals surface area contributed by atoms with Gasteiger partial charge in [-0.1, -0.05) is 11.6 Å². The van der Waals surface area contributed by atoms with E-state index in [1.807, 2.05) is 12.4 Å². The van der Waals surface area contributed by atoms with Gasteiger partial charge in [0.25, 0.3) is 0 Å². The fourth-order valence-corrected chi connectivity index (χ4v) is 2.88. The third-order valence-electron chi connectivity index (χ3n) is 3.74. The molecule has 20 heavy (non-hydrogen) atoms. The van der Waals surface area contributed by atoms with Crippen LogP contribution in [0.5, 0.6) is 0 Å². The van der Waals surface area contributed by atoms with Gasteiger partial charge in [-0.3, -0.25) is 15.0 Å². The molecule has 6 nitrogen and oxygen atoms in total. The van der Waals surface area contributed by atoms with Gasteiger partial charge in [-0.2, -0.15) is 5.10 Å². The van der Waals surface area contributed by atoms with Gasteiger partial charge in [0.05, 0.1) is 12.4 Å². The molecule has 1 fully saturated rings. The molecular formula is C13H17ClN6. The van der Waals surface area contributed by atoms with Gasteiger partial charge in [-0.25, -0.2) is 4.98 Å². The molecule has 2 unspecified atom stereocenters. The molecule has 0 aromatic carbocycles. The molecule has 2 aromatic heterocycles. The molecule has 0 amide bonds. The summed E-state index contributed by atoms with van der Waals surface area (Å²) in [6.45, 7) is 4.73. The average Bonchev–Trinajstić information content (AvgIpc) is 3.01. The van der Waals surface area contributed by atoms with Crippen LogP contribution in [0, 0.1) is 0 Å². The predicted octanol–water partition coefficient (Wildman–Crippen LogP) is 1.65. The van der Waals surface area contributed by atoms with E-state index in [-0.39, 0.29) is 5.50 Å². The van der Waals surface area contributed by atoms with E-state index in [2.05, 4.69) is 36.9 Å². The molecule has 0 saturated carbocycles. The number of hydrogen-bond donors (Lipinski definition) is 1. The van der Waals surface area contributed by atoms with Crippen molar-refractivity contribution in [1.82, 2.24) is 25.1 Å². The van der Waals surface area contributed by atoms with Crippen molar-refractivity contribution in [1.29, 1.82) is 0 Å². The Labute approximate surface area is 122 Å². The molecule has 1 N–H and O–H groups in total. The van der Waals surface area contributed by atoms with Crippen molar-refractivity contribution in [3.05, 3.63) is 36.5 Å². The second-order valence-corrected chi connectivity index (χ2v) is 5.40. The Morgan fingerprint density at radius 2 is 2.25 bits per heavy atom. The Bertz CT molecular complexity index is 531. The van der Waals surface area contributed by atoms with Gasteiger partial charge in [0.1, 0.15) is 11.3 Å². The Morgan fingerprint density at radius 1 is 1.35 bits per heavy atom. The maximum atomic E-state index is 6.51. The van der Waals surface area contributed by atoms with E-state index in [1.165, 1.54) is 5.56 Å². The van der Waals surface area contributed by atoms with E-state index in [9.17, 15) is 0 Å². The van der Waals surface area contributed by atoms with Crippen molar-refractivity contribution in [3.63, 3.8) is 0 Å². The van der Waals surface area contributed by atoms with Crippen LogP contribution < -0.4 is 4.90 Å². The Morgan fingerprint density at radius 3 is 2.90 bits per heavy atom. The Balaban J connectivity index is 1.68. The largest absolute Gasteiger partial charge is 0.336 e. The predicted molar refractivity (Wildman–Crippen MR) is 77.6 cm³/mol. The number of hydrogen-bond acceptors (Lipinski definition) is 5. The summed E-state index contributed by atoms with van der Waals surface area (Å²) in [6.07, 6.45) is 8.92. The van der Waals surface area contributed by atoms with Crippen molar-refractivity contribution in [3.8, 4) is 0 Å². The second kappa shape index (κ2) is 5.76. The van der Waals surface area contributed by atoms with Gasteiger partial charge in [0, 0.05) is 49.8 Å². The van der Waals surface area contributed by atoms with E-state index in [1.54, 1.807) is 18.6 Å². The van der Waals surface area contributed by atoms with Crippen LogP contribution in [0.2, 0.25) is 0 Å². The molecule has 7 heteroatoms. The molecule has 3 rings (SSSR count). The molecule has 106 valence electrons. The van der Waals surface area contributed by atoms with Gasteiger partial charge in [0.15, 0.2) is 0 Å². The molecular weight excluding hydrogens is 276 g/mol. The molecule has 1 aliphatic heterocycles. The van der Waals surface area contributed by atoms with E-state index in [0.717, 1.165) is 25.5 Å². The van der Waals surface area contributed by atoms with Crippen LogP contribution >= 0.6 is 11.6 Å². The normalized spacial score (nSPS) is 21.9. The topological polar surface area (TPSA) is 60.9 Å². The number of H-pyrrole nitrogens is 1. The minimum atomic E-state index is -0.102. The van der Waals surface area contributed by atoms with Crippen molar-refractivity contribution >= 4 is 17.4 Å². The first-order valence-electron chi connectivity index (χ1n) is 6.65. The number of nitrogens with zero attached hydrogens (tertiary/aromatic N) is 5. The maximum absolute atomic E-state index is 6.51. The summed E-state index contributed by atoms with van der Waals surface area (Å²) >= 11 is 6.51. The van der Waals surface area contributed by atoms with Crippen molar-refractivity contribution in [2.75, 3.05) is 24.5 Å². The highest BCUT2D eigenvalue weighted by Gasteiger charge is 2.29. The fourth-order valence-electron chi connectivity index (χ4n) is 2.51. The summed E-state index contributed by atoms with van der Waals surface area (Å²) in [5, 5.41) is 6.86. The van der Waals surface area contributed by atoms with Gasteiger partial charge in [0.2, 0.25) is 0 Å². The Hall–Kier alpha value is -1.66. The van der Waals surface area contributed by atoms with Gasteiger partial charge < -0.3 is 4.90 Å². The van der Waals surface area contributed by atoms with Crippen LogP contribution in [0.15, 0.2) is 31.0 Å². The highest BCUT2D eigenvalue weighted by molar-refractivity contribution is 6.22. The summed E-state index contributed by atoms with van der Waals surface area (Å²) < 4.78 is 0. The van der Waals surface area contributed by atoms with Crippen molar-refractivity contribution in [2.45, 2.75) is 18.5 Å². The minimum absolute atomic E-state index is 0.102. The summed E-state index contributed by atoms with van der Waals surface area (Å²) in [5.74, 6) is 0.836. The van der Waals surface area contributed by atoms with Crippen LogP contribution in [0.25, 0.3) is 0 Å². The molecule has 2 aromatic rings. The molecule has 0 aliphatic carbocycles. The zero-order valence-electron chi connectivity index (χ0n) is 11.3. The molecule has 0 spiro atoms. The lowest BCUT2D eigenvalue weighted by Crippen LogP contribution is -2.51. The lowest BCUT2D eigenvalue weighted by Gasteiger charge is -2.41.